The van der Waals surface area contributed by atoms with Gasteiger partial charge in [-0.05, 0) is 90.9 Å². The molecule has 6 rings (SSSR count). The molecular formula is C18H32N4. The third kappa shape index (κ3) is 2.01. The summed E-state index contributed by atoms with van der Waals surface area (Å²) in [7, 11) is 0. The maximum absolute atomic E-state index is 4.84. The van der Waals surface area contributed by atoms with Gasteiger partial charge in [0.1, 0.15) is 0 Å². The lowest BCUT2D eigenvalue weighted by Crippen LogP contribution is -2.60. The molecule has 4 heteroatoms. The largest absolute Gasteiger partial charge is 0.268 e. The zero-order chi connectivity index (χ0) is 15.5. The molecule has 4 saturated heterocycles. The predicted molar refractivity (Wildman–Crippen MR) is 88.2 cm³/mol. The first-order valence-corrected chi connectivity index (χ1v) is 9.41. The average molecular weight is 304 g/mol. The van der Waals surface area contributed by atoms with Gasteiger partial charge in [-0.25, -0.2) is 0 Å². The van der Waals surface area contributed by atoms with Gasteiger partial charge in [-0.15, -0.1) is 0 Å². The van der Waals surface area contributed by atoms with E-state index in [4.69, 9.17) is 10.4 Å². The van der Waals surface area contributed by atoms with Crippen LogP contribution >= 0.6 is 0 Å². The van der Waals surface area contributed by atoms with Crippen LogP contribution in [-0.2, 0) is 0 Å². The van der Waals surface area contributed by atoms with Crippen LogP contribution in [0.25, 0.3) is 0 Å². The molecular weight excluding hydrogens is 272 g/mol. The van der Waals surface area contributed by atoms with E-state index in [0.29, 0.717) is 12.1 Å². The first-order chi connectivity index (χ1) is 10.4. The Balaban J connectivity index is 1.56. The summed E-state index contributed by atoms with van der Waals surface area (Å²) in [6, 6.07) is 1.24. The summed E-state index contributed by atoms with van der Waals surface area (Å²) in [6.45, 7) is 9.48. The third-order valence-electron chi connectivity index (χ3n) is 7.50. The van der Waals surface area contributed by atoms with Crippen molar-refractivity contribution in [3.63, 3.8) is 0 Å². The summed E-state index contributed by atoms with van der Waals surface area (Å²) in [5.74, 6) is 1.59. The first-order valence-electron chi connectivity index (χ1n) is 9.41. The lowest BCUT2D eigenvalue weighted by molar-refractivity contribution is -0.104. The fraction of sp³-hybridized carbons (Fsp3) is 1.00. The van der Waals surface area contributed by atoms with Gasteiger partial charge in [-0.1, -0.05) is 10.4 Å². The first kappa shape index (κ1) is 14.8. The van der Waals surface area contributed by atoms with Gasteiger partial charge in [0.25, 0.3) is 0 Å². The SMILES string of the molecule is CC1(C)C2CCC(CC2)N1/N=N/N1C2CCC(CC2)C1(C)C. The van der Waals surface area contributed by atoms with Crippen molar-refractivity contribution in [2.75, 3.05) is 0 Å². The fourth-order valence-corrected chi connectivity index (χ4v) is 5.83. The lowest BCUT2D eigenvalue weighted by atomic mass is 9.69. The fourth-order valence-electron chi connectivity index (χ4n) is 5.83. The second-order valence-electron chi connectivity index (χ2n) is 9.19. The van der Waals surface area contributed by atoms with Gasteiger partial charge in [0.15, 0.2) is 0 Å². The van der Waals surface area contributed by atoms with Crippen LogP contribution in [0.4, 0.5) is 0 Å². The minimum Gasteiger partial charge on any atom is -0.268 e. The highest BCUT2D eigenvalue weighted by Gasteiger charge is 2.49. The molecule has 0 unspecified atom stereocenters. The molecule has 2 aliphatic carbocycles. The van der Waals surface area contributed by atoms with E-state index >= 15 is 0 Å². The minimum absolute atomic E-state index is 0.184. The molecule has 0 aromatic heterocycles. The van der Waals surface area contributed by atoms with Crippen molar-refractivity contribution in [3.05, 3.63) is 0 Å². The summed E-state index contributed by atoms with van der Waals surface area (Å²) in [5, 5.41) is 14.4. The molecule has 0 spiro atoms. The maximum atomic E-state index is 4.84. The van der Waals surface area contributed by atoms with Gasteiger partial charge < -0.3 is 0 Å². The lowest BCUT2D eigenvalue weighted by Gasteiger charge is -2.56. The molecule has 124 valence electrons. The van der Waals surface area contributed by atoms with Gasteiger partial charge in [0.05, 0.1) is 11.1 Å². The van der Waals surface area contributed by atoms with Gasteiger partial charge in [0.2, 0.25) is 0 Å². The van der Waals surface area contributed by atoms with Crippen LogP contribution in [0.15, 0.2) is 10.4 Å². The normalized spacial score (nSPS) is 42.4. The molecule has 2 saturated carbocycles. The standard InChI is InChI=1S/C18H32N4/c1-17(2)13-5-9-15(10-6-13)21(17)19-20-22-16-11-7-14(8-12-16)18(22,3)4/h13-16H,5-12H2,1-4H3/b20-19+. The molecule has 0 aromatic rings. The summed E-state index contributed by atoms with van der Waals surface area (Å²) in [6.07, 6.45) is 10.7. The molecule has 4 bridgehead atoms. The van der Waals surface area contributed by atoms with Crippen molar-refractivity contribution in [1.29, 1.82) is 0 Å². The zero-order valence-corrected chi connectivity index (χ0v) is 14.8. The van der Waals surface area contributed by atoms with Crippen LogP contribution in [-0.4, -0.2) is 33.2 Å². The predicted octanol–water partition coefficient (Wildman–Crippen LogP) is 4.57. The zero-order valence-electron chi connectivity index (χ0n) is 14.8. The van der Waals surface area contributed by atoms with Crippen LogP contribution in [0.3, 0.4) is 0 Å². The molecule has 6 aliphatic rings. The number of nitrogens with zero attached hydrogens (tertiary/aromatic N) is 4. The van der Waals surface area contributed by atoms with E-state index in [2.05, 4.69) is 37.7 Å². The van der Waals surface area contributed by atoms with Crippen LogP contribution < -0.4 is 0 Å². The van der Waals surface area contributed by atoms with E-state index in [1.165, 1.54) is 51.4 Å². The Labute approximate surface area is 135 Å². The second kappa shape index (κ2) is 4.85. The van der Waals surface area contributed by atoms with Crippen molar-refractivity contribution in [1.82, 2.24) is 10.0 Å². The Morgan fingerprint density at radius 2 is 0.909 bits per heavy atom. The molecule has 4 heterocycles. The summed E-state index contributed by atoms with van der Waals surface area (Å²) in [4.78, 5) is 0. The van der Waals surface area contributed by atoms with Crippen molar-refractivity contribution < 1.29 is 0 Å². The smallest absolute Gasteiger partial charge is 0.0572 e. The van der Waals surface area contributed by atoms with E-state index < -0.39 is 0 Å². The van der Waals surface area contributed by atoms with Gasteiger partial charge in [0, 0.05) is 12.1 Å². The van der Waals surface area contributed by atoms with Gasteiger partial charge >= 0.3 is 0 Å². The third-order valence-corrected chi connectivity index (χ3v) is 7.50. The minimum atomic E-state index is 0.184. The topological polar surface area (TPSA) is 31.2 Å². The van der Waals surface area contributed by atoms with Gasteiger partial charge in [-0.3, -0.25) is 10.0 Å². The van der Waals surface area contributed by atoms with E-state index in [-0.39, 0.29) is 11.1 Å². The Bertz CT molecular complexity index is 412. The van der Waals surface area contributed by atoms with Crippen LogP contribution in [0.2, 0.25) is 0 Å². The molecule has 4 nitrogen and oxygen atoms in total. The highest BCUT2D eigenvalue weighted by molar-refractivity contribution is 5.01. The van der Waals surface area contributed by atoms with Crippen molar-refractivity contribution in [2.45, 2.75) is 102 Å². The van der Waals surface area contributed by atoms with Crippen LogP contribution in [0.1, 0.15) is 79.1 Å². The number of hydrogen-bond donors (Lipinski definition) is 0. The number of piperidine rings is 4. The molecule has 0 radical (unpaired) electrons. The van der Waals surface area contributed by atoms with Crippen molar-refractivity contribution in [2.24, 2.45) is 22.3 Å². The Kier molecular flexibility index (Phi) is 3.25. The van der Waals surface area contributed by atoms with Crippen LogP contribution in [0.5, 0.6) is 0 Å². The quantitative estimate of drug-likeness (QED) is 0.699. The van der Waals surface area contributed by atoms with Crippen molar-refractivity contribution >= 4 is 0 Å². The Morgan fingerprint density at radius 3 is 1.18 bits per heavy atom. The molecule has 0 N–H and O–H groups in total. The number of hydrogen-bond acceptors (Lipinski definition) is 2. The summed E-state index contributed by atoms with van der Waals surface area (Å²) >= 11 is 0. The molecule has 0 atom stereocenters. The second-order valence-corrected chi connectivity index (χ2v) is 9.19. The summed E-state index contributed by atoms with van der Waals surface area (Å²) in [5.41, 5.74) is 0.368. The highest BCUT2D eigenvalue weighted by Crippen LogP contribution is 2.48. The number of rotatable bonds is 2. The number of fused-ring (bicyclic) bond motifs is 6. The van der Waals surface area contributed by atoms with Crippen molar-refractivity contribution in [3.8, 4) is 0 Å². The van der Waals surface area contributed by atoms with Crippen LogP contribution in [0, 0.1) is 11.8 Å². The van der Waals surface area contributed by atoms with E-state index in [9.17, 15) is 0 Å². The highest BCUT2D eigenvalue weighted by atomic mass is 15.7. The molecule has 0 amide bonds. The molecule has 0 aromatic carbocycles. The van der Waals surface area contributed by atoms with Gasteiger partial charge in [-0.2, -0.15) is 0 Å². The van der Waals surface area contributed by atoms with E-state index in [1.54, 1.807) is 0 Å². The average Bonchev–Trinajstić information content (AvgIpc) is 2.49. The molecule has 22 heavy (non-hydrogen) atoms. The van der Waals surface area contributed by atoms with E-state index in [0.717, 1.165) is 11.8 Å². The van der Waals surface area contributed by atoms with E-state index in [1.807, 2.05) is 0 Å². The summed E-state index contributed by atoms with van der Waals surface area (Å²) < 4.78 is 0. The maximum Gasteiger partial charge on any atom is 0.0572 e. The molecule has 6 fully saturated rings. The Morgan fingerprint density at radius 1 is 0.591 bits per heavy atom. The molecule has 4 aliphatic heterocycles. The Hall–Kier alpha value is -0.800. The monoisotopic (exact) mass is 304 g/mol.